The molecule has 80 valence electrons. The van der Waals surface area contributed by atoms with Crippen molar-refractivity contribution in [3.8, 4) is 0 Å². The first kappa shape index (κ1) is 10.5. The van der Waals surface area contributed by atoms with E-state index in [9.17, 15) is 4.79 Å². The van der Waals surface area contributed by atoms with E-state index in [0.717, 1.165) is 5.56 Å². The maximum absolute atomic E-state index is 11.0. The SMILES string of the molecule is CC1(C)[C@H](c2ccc(Cl)cc2)[C@@H]1C(=O)O. The van der Waals surface area contributed by atoms with Crippen molar-refractivity contribution in [2.75, 3.05) is 0 Å². The van der Waals surface area contributed by atoms with Crippen LogP contribution in [0.3, 0.4) is 0 Å². The Morgan fingerprint density at radius 3 is 2.27 bits per heavy atom. The first-order chi connectivity index (χ1) is 6.94. The van der Waals surface area contributed by atoms with E-state index < -0.39 is 5.97 Å². The van der Waals surface area contributed by atoms with Crippen molar-refractivity contribution in [2.24, 2.45) is 11.3 Å². The van der Waals surface area contributed by atoms with Gasteiger partial charge in [-0.1, -0.05) is 37.6 Å². The smallest absolute Gasteiger partial charge is 0.307 e. The maximum atomic E-state index is 11.0. The van der Waals surface area contributed by atoms with Crippen LogP contribution in [-0.4, -0.2) is 11.1 Å². The number of rotatable bonds is 2. The van der Waals surface area contributed by atoms with Gasteiger partial charge >= 0.3 is 5.97 Å². The summed E-state index contributed by atoms with van der Waals surface area (Å²) in [4.78, 5) is 11.0. The predicted octanol–water partition coefficient (Wildman–Crippen LogP) is 3.16. The van der Waals surface area contributed by atoms with Gasteiger partial charge in [-0.3, -0.25) is 4.79 Å². The molecule has 1 aromatic rings. The van der Waals surface area contributed by atoms with Gasteiger partial charge in [0, 0.05) is 10.9 Å². The number of hydrogen-bond acceptors (Lipinski definition) is 1. The Kier molecular flexibility index (Phi) is 2.27. The zero-order valence-electron chi connectivity index (χ0n) is 8.70. The molecule has 0 heterocycles. The number of carboxylic acids is 1. The molecule has 0 saturated heterocycles. The largest absolute Gasteiger partial charge is 0.481 e. The number of carbonyl (C=O) groups is 1. The van der Waals surface area contributed by atoms with Crippen molar-refractivity contribution < 1.29 is 9.90 Å². The number of carboxylic acid groups (broad SMARTS) is 1. The van der Waals surface area contributed by atoms with Crippen molar-refractivity contribution >= 4 is 17.6 Å². The minimum Gasteiger partial charge on any atom is -0.481 e. The molecule has 1 aromatic carbocycles. The second-order valence-corrected chi connectivity index (χ2v) is 5.10. The topological polar surface area (TPSA) is 37.3 Å². The summed E-state index contributed by atoms with van der Waals surface area (Å²) in [7, 11) is 0. The normalized spacial score (nSPS) is 27.4. The molecule has 15 heavy (non-hydrogen) atoms. The summed E-state index contributed by atoms with van der Waals surface area (Å²) in [5.41, 5.74) is 0.927. The average Bonchev–Trinajstić information content (AvgIpc) is 2.70. The molecule has 0 bridgehead atoms. The van der Waals surface area contributed by atoms with Crippen molar-refractivity contribution in [3.63, 3.8) is 0 Å². The lowest BCUT2D eigenvalue weighted by molar-refractivity contribution is -0.139. The van der Waals surface area contributed by atoms with E-state index in [2.05, 4.69) is 0 Å². The van der Waals surface area contributed by atoms with Crippen LogP contribution in [0, 0.1) is 11.3 Å². The zero-order chi connectivity index (χ0) is 11.2. The highest BCUT2D eigenvalue weighted by Gasteiger charge is 2.62. The van der Waals surface area contributed by atoms with Gasteiger partial charge in [-0.25, -0.2) is 0 Å². The van der Waals surface area contributed by atoms with E-state index in [0.29, 0.717) is 5.02 Å². The molecular weight excluding hydrogens is 212 g/mol. The van der Waals surface area contributed by atoms with Crippen LogP contribution >= 0.6 is 11.6 Å². The third-order valence-corrected chi connectivity index (χ3v) is 3.57. The summed E-state index contributed by atoms with van der Waals surface area (Å²) in [5, 5.41) is 9.73. The van der Waals surface area contributed by atoms with Crippen molar-refractivity contribution in [1.29, 1.82) is 0 Å². The fraction of sp³-hybridized carbons (Fsp3) is 0.417. The van der Waals surface area contributed by atoms with Crippen LogP contribution in [0.1, 0.15) is 25.3 Å². The Morgan fingerprint density at radius 1 is 1.33 bits per heavy atom. The molecule has 0 aliphatic heterocycles. The molecular formula is C12H13ClO2. The standard InChI is InChI=1S/C12H13ClO2/c1-12(2)9(10(12)11(14)15)7-3-5-8(13)6-4-7/h3-6,9-10H,1-2H3,(H,14,15)/t9-,10-/m1/s1. The van der Waals surface area contributed by atoms with Crippen LogP contribution in [0.4, 0.5) is 0 Å². The van der Waals surface area contributed by atoms with Crippen molar-refractivity contribution in [1.82, 2.24) is 0 Å². The summed E-state index contributed by atoms with van der Waals surface area (Å²) >= 11 is 5.79. The van der Waals surface area contributed by atoms with Crippen LogP contribution in [0.25, 0.3) is 0 Å². The second-order valence-electron chi connectivity index (χ2n) is 4.67. The van der Waals surface area contributed by atoms with E-state index in [1.54, 1.807) is 0 Å². The molecule has 3 heteroatoms. The summed E-state index contributed by atoms with van der Waals surface area (Å²) in [5.74, 6) is -0.856. The molecule has 1 aliphatic carbocycles. The summed E-state index contributed by atoms with van der Waals surface area (Å²) in [6.07, 6.45) is 0. The van der Waals surface area contributed by atoms with Crippen LogP contribution in [-0.2, 0) is 4.79 Å². The lowest BCUT2D eigenvalue weighted by Gasteiger charge is -2.02. The molecule has 2 nitrogen and oxygen atoms in total. The Balaban J connectivity index is 2.27. The Hall–Kier alpha value is -1.02. The number of benzene rings is 1. The summed E-state index contributed by atoms with van der Waals surface area (Å²) in [6, 6.07) is 7.45. The second kappa shape index (κ2) is 3.24. The highest BCUT2D eigenvalue weighted by atomic mass is 35.5. The quantitative estimate of drug-likeness (QED) is 0.838. The van der Waals surface area contributed by atoms with Gasteiger partial charge < -0.3 is 5.11 Å². The Morgan fingerprint density at radius 2 is 1.87 bits per heavy atom. The Labute approximate surface area is 93.9 Å². The van der Waals surface area contributed by atoms with E-state index in [-0.39, 0.29) is 17.3 Å². The molecule has 0 amide bonds. The molecule has 1 saturated carbocycles. The average molecular weight is 225 g/mol. The molecule has 2 rings (SSSR count). The van der Waals surface area contributed by atoms with Gasteiger partial charge in [0.1, 0.15) is 0 Å². The summed E-state index contributed by atoms with van der Waals surface area (Å²) in [6.45, 7) is 3.98. The van der Waals surface area contributed by atoms with Gasteiger partial charge in [0.05, 0.1) is 5.92 Å². The maximum Gasteiger partial charge on any atom is 0.307 e. The third kappa shape index (κ3) is 1.63. The number of aliphatic carboxylic acids is 1. The van der Waals surface area contributed by atoms with Gasteiger partial charge in [-0.05, 0) is 23.1 Å². The van der Waals surface area contributed by atoms with Crippen LogP contribution in [0.15, 0.2) is 24.3 Å². The zero-order valence-corrected chi connectivity index (χ0v) is 9.45. The molecule has 1 fully saturated rings. The van der Waals surface area contributed by atoms with Crippen LogP contribution in [0.2, 0.25) is 5.02 Å². The highest BCUT2D eigenvalue weighted by Crippen LogP contribution is 2.64. The van der Waals surface area contributed by atoms with E-state index >= 15 is 0 Å². The molecule has 1 N–H and O–H groups in total. The Bertz CT molecular complexity index is 395. The highest BCUT2D eigenvalue weighted by molar-refractivity contribution is 6.30. The number of halogens is 1. The fourth-order valence-electron chi connectivity index (χ4n) is 2.39. The fourth-order valence-corrected chi connectivity index (χ4v) is 2.52. The number of hydrogen-bond donors (Lipinski definition) is 1. The van der Waals surface area contributed by atoms with E-state index in [1.807, 2.05) is 38.1 Å². The molecule has 0 aromatic heterocycles. The lowest BCUT2D eigenvalue weighted by Crippen LogP contribution is -2.03. The lowest BCUT2D eigenvalue weighted by atomic mass is 10.0. The molecule has 0 unspecified atom stereocenters. The first-order valence-electron chi connectivity index (χ1n) is 4.93. The van der Waals surface area contributed by atoms with Crippen molar-refractivity contribution in [2.45, 2.75) is 19.8 Å². The van der Waals surface area contributed by atoms with Crippen LogP contribution < -0.4 is 0 Å². The minimum absolute atomic E-state index is 0.118. The van der Waals surface area contributed by atoms with Gasteiger partial charge in [0.25, 0.3) is 0 Å². The predicted molar refractivity (Wildman–Crippen MR) is 59.1 cm³/mol. The van der Waals surface area contributed by atoms with E-state index in [4.69, 9.17) is 16.7 Å². The molecule has 0 spiro atoms. The monoisotopic (exact) mass is 224 g/mol. The van der Waals surface area contributed by atoms with Gasteiger partial charge in [-0.2, -0.15) is 0 Å². The van der Waals surface area contributed by atoms with Gasteiger partial charge in [0.2, 0.25) is 0 Å². The van der Waals surface area contributed by atoms with Gasteiger partial charge in [0.15, 0.2) is 0 Å². The molecule has 1 aliphatic rings. The van der Waals surface area contributed by atoms with Gasteiger partial charge in [-0.15, -0.1) is 0 Å². The van der Waals surface area contributed by atoms with Crippen LogP contribution in [0.5, 0.6) is 0 Å². The summed E-state index contributed by atoms with van der Waals surface area (Å²) < 4.78 is 0. The first-order valence-corrected chi connectivity index (χ1v) is 5.30. The molecule has 2 atom stereocenters. The third-order valence-electron chi connectivity index (χ3n) is 3.32. The van der Waals surface area contributed by atoms with Crippen molar-refractivity contribution in [3.05, 3.63) is 34.9 Å². The minimum atomic E-state index is -0.708. The van der Waals surface area contributed by atoms with E-state index in [1.165, 1.54) is 0 Å². The molecule has 0 radical (unpaired) electrons.